The zero-order chi connectivity index (χ0) is 11.9. The molecule has 3 nitrogen and oxygen atoms in total. The highest BCUT2D eigenvalue weighted by Crippen LogP contribution is 2.53. The maximum atomic E-state index is 9.33. The smallest absolute Gasteiger partial charge is 0.0944 e. The number of fused-ring (bicyclic) bond motifs is 1. The second kappa shape index (κ2) is 4.00. The SMILES string of the molecule is OCCC1(C2CC2)N=CNc2ccc(Cl)cc21. The molecule has 1 atom stereocenters. The summed E-state index contributed by atoms with van der Waals surface area (Å²) in [7, 11) is 0. The summed E-state index contributed by atoms with van der Waals surface area (Å²) in [4.78, 5) is 4.64. The molecule has 1 aliphatic heterocycles. The molecule has 0 saturated heterocycles. The van der Waals surface area contributed by atoms with Gasteiger partial charge in [-0.05, 0) is 37.0 Å². The predicted molar refractivity (Wildman–Crippen MR) is 69.7 cm³/mol. The highest BCUT2D eigenvalue weighted by atomic mass is 35.5. The zero-order valence-electron chi connectivity index (χ0n) is 9.49. The lowest BCUT2D eigenvalue weighted by molar-refractivity contribution is 0.225. The third-order valence-corrected chi connectivity index (χ3v) is 3.94. The van der Waals surface area contributed by atoms with E-state index < -0.39 is 0 Å². The topological polar surface area (TPSA) is 44.6 Å². The second-order valence-electron chi connectivity index (χ2n) is 4.76. The molecule has 0 bridgehead atoms. The van der Waals surface area contributed by atoms with Crippen molar-refractivity contribution in [3.05, 3.63) is 28.8 Å². The van der Waals surface area contributed by atoms with Gasteiger partial charge in [-0.3, -0.25) is 4.99 Å². The van der Waals surface area contributed by atoms with Crippen LogP contribution in [0.4, 0.5) is 5.69 Å². The van der Waals surface area contributed by atoms with Gasteiger partial charge in [-0.2, -0.15) is 0 Å². The van der Waals surface area contributed by atoms with Crippen molar-refractivity contribution in [3.63, 3.8) is 0 Å². The lowest BCUT2D eigenvalue weighted by Gasteiger charge is -2.34. The molecular formula is C13H15ClN2O. The van der Waals surface area contributed by atoms with Gasteiger partial charge in [0.25, 0.3) is 0 Å². The Bertz CT molecular complexity index is 470. The summed E-state index contributed by atoms with van der Waals surface area (Å²) in [6.45, 7) is 0.153. The molecule has 0 amide bonds. The van der Waals surface area contributed by atoms with Crippen molar-refractivity contribution in [2.24, 2.45) is 10.9 Å². The van der Waals surface area contributed by atoms with Crippen molar-refractivity contribution < 1.29 is 5.11 Å². The van der Waals surface area contributed by atoms with Crippen LogP contribution in [0.15, 0.2) is 23.2 Å². The number of hydrogen-bond acceptors (Lipinski definition) is 3. The molecule has 1 aliphatic carbocycles. The highest BCUT2D eigenvalue weighted by Gasteiger charge is 2.48. The number of aliphatic imine (C=N–C) groups is 1. The Balaban J connectivity index is 2.12. The third-order valence-electron chi connectivity index (χ3n) is 3.71. The van der Waals surface area contributed by atoms with Crippen LogP contribution in [-0.2, 0) is 5.54 Å². The zero-order valence-corrected chi connectivity index (χ0v) is 10.2. The Kier molecular flexibility index (Phi) is 2.60. The van der Waals surface area contributed by atoms with Crippen LogP contribution in [-0.4, -0.2) is 18.1 Å². The molecule has 1 saturated carbocycles. The van der Waals surface area contributed by atoms with Gasteiger partial charge in [0.2, 0.25) is 0 Å². The molecule has 3 rings (SSSR count). The lowest BCUT2D eigenvalue weighted by atomic mass is 9.81. The lowest BCUT2D eigenvalue weighted by Crippen LogP contribution is -2.32. The van der Waals surface area contributed by atoms with E-state index >= 15 is 0 Å². The molecule has 1 unspecified atom stereocenters. The fourth-order valence-corrected chi connectivity index (χ4v) is 2.92. The maximum Gasteiger partial charge on any atom is 0.0944 e. The van der Waals surface area contributed by atoms with Crippen molar-refractivity contribution in [2.75, 3.05) is 11.9 Å². The van der Waals surface area contributed by atoms with Gasteiger partial charge in [0.05, 0.1) is 11.9 Å². The molecule has 17 heavy (non-hydrogen) atoms. The summed E-state index contributed by atoms with van der Waals surface area (Å²) in [5, 5.41) is 13.2. The van der Waals surface area contributed by atoms with Crippen molar-refractivity contribution in [3.8, 4) is 0 Å². The summed E-state index contributed by atoms with van der Waals surface area (Å²) in [6.07, 6.45) is 4.79. The minimum Gasteiger partial charge on any atom is -0.396 e. The molecule has 2 N–H and O–H groups in total. The first-order chi connectivity index (χ1) is 8.26. The summed E-state index contributed by atoms with van der Waals surface area (Å²) in [6, 6.07) is 5.84. The highest BCUT2D eigenvalue weighted by molar-refractivity contribution is 6.30. The van der Waals surface area contributed by atoms with Gasteiger partial charge in [0.15, 0.2) is 0 Å². The number of nitrogens with zero attached hydrogens (tertiary/aromatic N) is 1. The van der Waals surface area contributed by atoms with E-state index in [4.69, 9.17) is 11.6 Å². The van der Waals surface area contributed by atoms with E-state index in [1.54, 1.807) is 6.34 Å². The largest absolute Gasteiger partial charge is 0.396 e. The van der Waals surface area contributed by atoms with E-state index in [9.17, 15) is 5.11 Å². The van der Waals surface area contributed by atoms with Crippen LogP contribution in [0.1, 0.15) is 24.8 Å². The Morgan fingerprint density at radius 3 is 3.00 bits per heavy atom. The molecule has 4 heteroatoms. The fraction of sp³-hybridized carbons (Fsp3) is 0.462. The van der Waals surface area contributed by atoms with Gasteiger partial charge in [0, 0.05) is 29.3 Å². The summed E-state index contributed by atoms with van der Waals surface area (Å²) in [5.41, 5.74) is 1.93. The predicted octanol–water partition coefficient (Wildman–Crippen LogP) is 2.78. The molecule has 2 aliphatic rings. The first-order valence-electron chi connectivity index (χ1n) is 5.97. The second-order valence-corrected chi connectivity index (χ2v) is 5.20. The van der Waals surface area contributed by atoms with Crippen molar-refractivity contribution >= 4 is 23.6 Å². The van der Waals surface area contributed by atoms with Crippen LogP contribution < -0.4 is 5.32 Å². The summed E-state index contributed by atoms with van der Waals surface area (Å²) < 4.78 is 0. The van der Waals surface area contributed by atoms with E-state index in [-0.39, 0.29) is 12.1 Å². The van der Waals surface area contributed by atoms with Gasteiger partial charge in [-0.15, -0.1) is 0 Å². The number of anilines is 1. The number of nitrogens with one attached hydrogen (secondary N) is 1. The minimum atomic E-state index is -0.264. The Morgan fingerprint density at radius 2 is 2.29 bits per heavy atom. The number of aliphatic hydroxyl groups is 1. The fourth-order valence-electron chi connectivity index (χ4n) is 2.75. The van der Waals surface area contributed by atoms with Crippen LogP contribution in [0.2, 0.25) is 5.02 Å². The molecule has 0 spiro atoms. The van der Waals surface area contributed by atoms with E-state index in [1.807, 2.05) is 18.2 Å². The summed E-state index contributed by atoms with van der Waals surface area (Å²) >= 11 is 6.09. The molecule has 90 valence electrons. The van der Waals surface area contributed by atoms with Crippen LogP contribution in [0.3, 0.4) is 0 Å². The monoisotopic (exact) mass is 250 g/mol. The Hall–Kier alpha value is -1.06. The van der Waals surface area contributed by atoms with E-state index in [0.717, 1.165) is 16.3 Å². The standard InChI is InChI=1S/C13H15ClN2O/c14-10-3-4-12-11(7-10)13(5-6-17,9-1-2-9)16-8-15-12/h3-4,7-9,17H,1-2,5-6H2,(H,15,16). The molecular weight excluding hydrogens is 236 g/mol. The van der Waals surface area contributed by atoms with Crippen LogP contribution in [0.5, 0.6) is 0 Å². The van der Waals surface area contributed by atoms with Crippen molar-refractivity contribution in [2.45, 2.75) is 24.8 Å². The number of benzene rings is 1. The van der Waals surface area contributed by atoms with Gasteiger partial charge in [-0.1, -0.05) is 11.6 Å². The molecule has 1 fully saturated rings. The molecule has 1 aromatic rings. The van der Waals surface area contributed by atoms with Gasteiger partial charge < -0.3 is 10.4 Å². The van der Waals surface area contributed by atoms with Crippen LogP contribution in [0, 0.1) is 5.92 Å². The molecule has 0 aromatic heterocycles. The first-order valence-corrected chi connectivity index (χ1v) is 6.35. The Labute approximate surface area is 106 Å². The normalized spacial score (nSPS) is 26.5. The maximum absolute atomic E-state index is 9.33. The number of hydrogen-bond donors (Lipinski definition) is 2. The van der Waals surface area contributed by atoms with Crippen molar-refractivity contribution in [1.82, 2.24) is 0 Å². The van der Waals surface area contributed by atoms with E-state index in [0.29, 0.717) is 12.3 Å². The van der Waals surface area contributed by atoms with Crippen LogP contribution in [0.25, 0.3) is 0 Å². The molecule has 0 radical (unpaired) electrons. The molecule has 1 aromatic carbocycles. The first kappa shape index (κ1) is 11.1. The number of aliphatic hydroxyl groups excluding tert-OH is 1. The number of rotatable bonds is 3. The Morgan fingerprint density at radius 1 is 1.47 bits per heavy atom. The third kappa shape index (κ3) is 1.74. The number of halogens is 1. The van der Waals surface area contributed by atoms with E-state index in [2.05, 4.69) is 10.3 Å². The average molecular weight is 251 g/mol. The molecule has 1 heterocycles. The van der Waals surface area contributed by atoms with E-state index in [1.165, 1.54) is 12.8 Å². The van der Waals surface area contributed by atoms with Crippen LogP contribution >= 0.6 is 11.6 Å². The van der Waals surface area contributed by atoms with Crippen molar-refractivity contribution in [1.29, 1.82) is 0 Å². The van der Waals surface area contributed by atoms with Gasteiger partial charge in [-0.25, -0.2) is 0 Å². The average Bonchev–Trinajstić information content (AvgIpc) is 3.14. The van der Waals surface area contributed by atoms with Gasteiger partial charge in [0.1, 0.15) is 0 Å². The van der Waals surface area contributed by atoms with Gasteiger partial charge >= 0.3 is 0 Å². The summed E-state index contributed by atoms with van der Waals surface area (Å²) in [5.74, 6) is 0.546. The minimum absolute atomic E-state index is 0.153. The quantitative estimate of drug-likeness (QED) is 0.867.